The summed E-state index contributed by atoms with van der Waals surface area (Å²) >= 11 is 0. The highest BCUT2D eigenvalue weighted by atomic mass is 16.1. The Morgan fingerprint density at radius 2 is 1.76 bits per heavy atom. The van der Waals surface area contributed by atoms with Gasteiger partial charge < -0.3 is 11.1 Å². The van der Waals surface area contributed by atoms with E-state index in [1.807, 2.05) is 0 Å². The molecular weight excluding hydrogens is 260 g/mol. The molecule has 4 saturated carbocycles. The number of unbranched alkanes of at least 4 members (excludes halogenated alkanes) is 1. The first kappa shape index (κ1) is 15.3. The van der Waals surface area contributed by atoms with Crippen LogP contribution in [0.15, 0.2) is 0 Å². The predicted molar refractivity (Wildman–Crippen MR) is 85.7 cm³/mol. The Kier molecular flexibility index (Phi) is 4.58. The third kappa shape index (κ3) is 3.44. The van der Waals surface area contributed by atoms with Gasteiger partial charge in [0.15, 0.2) is 0 Å². The van der Waals surface area contributed by atoms with Crippen LogP contribution in [0.5, 0.6) is 0 Å². The zero-order valence-corrected chi connectivity index (χ0v) is 13.6. The molecule has 4 rings (SSSR count). The van der Waals surface area contributed by atoms with Gasteiger partial charge in [-0.05, 0) is 68.1 Å². The van der Waals surface area contributed by atoms with Gasteiger partial charge in [-0.1, -0.05) is 19.8 Å². The van der Waals surface area contributed by atoms with Crippen molar-refractivity contribution in [3.8, 4) is 0 Å². The minimum Gasteiger partial charge on any atom is -0.352 e. The molecule has 21 heavy (non-hydrogen) atoms. The van der Waals surface area contributed by atoms with Gasteiger partial charge in [0.1, 0.15) is 0 Å². The van der Waals surface area contributed by atoms with Crippen LogP contribution in [0.25, 0.3) is 0 Å². The fourth-order valence-corrected chi connectivity index (χ4v) is 5.83. The molecule has 0 radical (unpaired) electrons. The summed E-state index contributed by atoms with van der Waals surface area (Å²) in [4.78, 5) is 12.5. The monoisotopic (exact) mass is 292 g/mol. The molecular formula is C18H32N2O. The van der Waals surface area contributed by atoms with E-state index in [1.165, 1.54) is 44.9 Å². The number of carbonyl (C=O) groups excluding carboxylic acids is 1. The molecule has 1 unspecified atom stereocenters. The SMILES string of the molecule is CCCCC(CN)NC(=O)CC12CC3CC(CC(C3)C1)C2. The molecule has 4 aliphatic carbocycles. The molecule has 0 aromatic carbocycles. The average Bonchev–Trinajstić information content (AvgIpc) is 2.41. The van der Waals surface area contributed by atoms with Crippen molar-refractivity contribution in [2.24, 2.45) is 28.9 Å². The quantitative estimate of drug-likeness (QED) is 0.757. The van der Waals surface area contributed by atoms with Crippen LogP contribution < -0.4 is 11.1 Å². The van der Waals surface area contributed by atoms with Gasteiger partial charge in [0, 0.05) is 19.0 Å². The lowest BCUT2D eigenvalue weighted by Crippen LogP contribution is -2.49. The Morgan fingerprint density at radius 3 is 2.24 bits per heavy atom. The summed E-state index contributed by atoms with van der Waals surface area (Å²) < 4.78 is 0. The zero-order chi connectivity index (χ0) is 14.9. The average molecular weight is 292 g/mol. The van der Waals surface area contributed by atoms with Gasteiger partial charge in [0.25, 0.3) is 0 Å². The topological polar surface area (TPSA) is 55.1 Å². The lowest BCUT2D eigenvalue weighted by molar-refractivity contribution is -0.130. The molecule has 4 fully saturated rings. The van der Waals surface area contributed by atoms with E-state index in [0.29, 0.717) is 12.0 Å². The number of hydrogen-bond donors (Lipinski definition) is 2. The largest absolute Gasteiger partial charge is 0.352 e. The van der Waals surface area contributed by atoms with E-state index < -0.39 is 0 Å². The maximum Gasteiger partial charge on any atom is 0.220 e. The van der Waals surface area contributed by atoms with Crippen LogP contribution in [0, 0.1) is 23.2 Å². The van der Waals surface area contributed by atoms with Crippen molar-refractivity contribution in [3.63, 3.8) is 0 Å². The first-order chi connectivity index (χ1) is 10.1. The number of hydrogen-bond acceptors (Lipinski definition) is 2. The lowest BCUT2D eigenvalue weighted by atomic mass is 9.49. The second kappa shape index (κ2) is 6.28. The Hall–Kier alpha value is -0.570. The van der Waals surface area contributed by atoms with Gasteiger partial charge in [0.2, 0.25) is 5.91 Å². The molecule has 0 spiro atoms. The Labute approximate surface area is 129 Å². The van der Waals surface area contributed by atoms with E-state index >= 15 is 0 Å². The van der Waals surface area contributed by atoms with E-state index in [1.54, 1.807) is 0 Å². The summed E-state index contributed by atoms with van der Waals surface area (Å²) in [5.41, 5.74) is 6.16. The van der Waals surface area contributed by atoms with Crippen LogP contribution in [-0.4, -0.2) is 18.5 Å². The first-order valence-electron chi connectivity index (χ1n) is 9.12. The van der Waals surface area contributed by atoms with Crippen molar-refractivity contribution in [1.82, 2.24) is 5.32 Å². The lowest BCUT2D eigenvalue weighted by Gasteiger charge is -2.56. The first-order valence-corrected chi connectivity index (χ1v) is 9.12. The maximum atomic E-state index is 12.5. The second-order valence-electron chi connectivity index (χ2n) is 8.24. The molecule has 0 saturated heterocycles. The highest BCUT2D eigenvalue weighted by Gasteiger charge is 2.51. The minimum atomic E-state index is 0.186. The van der Waals surface area contributed by atoms with Crippen molar-refractivity contribution in [2.45, 2.75) is 77.2 Å². The van der Waals surface area contributed by atoms with Gasteiger partial charge in [-0.2, -0.15) is 0 Å². The Morgan fingerprint density at radius 1 is 1.19 bits per heavy atom. The molecule has 120 valence electrons. The molecule has 1 atom stereocenters. The standard InChI is InChI=1S/C18H32N2O/c1-2-3-4-16(12-19)20-17(21)11-18-8-13-5-14(9-18)7-15(6-13)10-18/h13-16H,2-12,19H2,1H3,(H,20,21). The number of rotatable bonds is 7. The zero-order valence-electron chi connectivity index (χ0n) is 13.6. The number of carbonyl (C=O) groups is 1. The van der Waals surface area contributed by atoms with Crippen molar-refractivity contribution < 1.29 is 4.79 Å². The fraction of sp³-hybridized carbons (Fsp3) is 0.944. The smallest absolute Gasteiger partial charge is 0.220 e. The summed E-state index contributed by atoms with van der Waals surface area (Å²) in [5, 5.41) is 3.21. The van der Waals surface area contributed by atoms with Gasteiger partial charge in [0.05, 0.1) is 0 Å². The van der Waals surface area contributed by atoms with E-state index in [9.17, 15) is 4.79 Å². The van der Waals surface area contributed by atoms with E-state index in [2.05, 4.69) is 12.2 Å². The highest BCUT2D eigenvalue weighted by molar-refractivity contribution is 5.77. The van der Waals surface area contributed by atoms with Crippen molar-refractivity contribution in [3.05, 3.63) is 0 Å². The third-order valence-corrected chi connectivity index (χ3v) is 6.26. The second-order valence-corrected chi connectivity index (χ2v) is 8.24. The van der Waals surface area contributed by atoms with Crippen molar-refractivity contribution in [1.29, 1.82) is 0 Å². The molecule has 3 nitrogen and oxygen atoms in total. The molecule has 1 amide bonds. The van der Waals surface area contributed by atoms with Crippen LogP contribution in [0.2, 0.25) is 0 Å². The van der Waals surface area contributed by atoms with Gasteiger partial charge in [-0.25, -0.2) is 0 Å². The summed E-state index contributed by atoms with van der Waals surface area (Å²) in [6.07, 6.45) is 12.4. The summed E-state index contributed by atoms with van der Waals surface area (Å²) in [6.45, 7) is 2.76. The van der Waals surface area contributed by atoms with Crippen LogP contribution in [0.4, 0.5) is 0 Å². The molecule has 4 aliphatic rings. The van der Waals surface area contributed by atoms with E-state index in [0.717, 1.165) is 37.0 Å². The van der Waals surface area contributed by atoms with Crippen molar-refractivity contribution >= 4 is 5.91 Å². The van der Waals surface area contributed by atoms with Crippen LogP contribution >= 0.6 is 0 Å². The van der Waals surface area contributed by atoms with Crippen LogP contribution in [0.3, 0.4) is 0 Å². The normalized spacial score (nSPS) is 38.5. The van der Waals surface area contributed by atoms with E-state index in [4.69, 9.17) is 5.73 Å². The fourth-order valence-electron chi connectivity index (χ4n) is 5.83. The van der Waals surface area contributed by atoms with Crippen molar-refractivity contribution in [2.75, 3.05) is 6.54 Å². The molecule has 4 bridgehead atoms. The summed E-state index contributed by atoms with van der Waals surface area (Å²) in [6, 6.07) is 0.186. The summed E-state index contributed by atoms with van der Waals surface area (Å²) in [7, 11) is 0. The van der Waals surface area contributed by atoms with Gasteiger partial charge >= 0.3 is 0 Å². The Bertz CT molecular complexity index is 344. The molecule has 3 N–H and O–H groups in total. The van der Waals surface area contributed by atoms with Gasteiger partial charge in [-0.3, -0.25) is 4.79 Å². The van der Waals surface area contributed by atoms with Crippen LogP contribution in [0.1, 0.15) is 71.1 Å². The van der Waals surface area contributed by atoms with E-state index in [-0.39, 0.29) is 11.9 Å². The maximum absolute atomic E-state index is 12.5. The number of nitrogens with one attached hydrogen (secondary N) is 1. The molecule has 0 heterocycles. The summed E-state index contributed by atoms with van der Waals surface area (Å²) in [5.74, 6) is 3.04. The third-order valence-electron chi connectivity index (χ3n) is 6.26. The molecule has 0 aromatic heterocycles. The van der Waals surface area contributed by atoms with Gasteiger partial charge in [-0.15, -0.1) is 0 Å². The minimum absolute atomic E-state index is 0.186. The highest BCUT2D eigenvalue weighted by Crippen LogP contribution is 2.61. The Balaban J connectivity index is 1.54. The predicted octanol–water partition coefficient (Wildman–Crippen LogP) is 3.23. The molecule has 0 aliphatic heterocycles. The number of amides is 1. The molecule has 3 heteroatoms. The molecule has 0 aromatic rings. The number of nitrogens with two attached hydrogens (primary N) is 1. The van der Waals surface area contributed by atoms with Crippen LogP contribution in [-0.2, 0) is 4.79 Å².